The van der Waals surface area contributed by atoms with Gasteiger partial charge in [0.2, 0.25) is 0 Å². The van der Waals surface area contributed by atoms with E-state index < -0.39 is 0 Å². The monoisotopic (exact) mass is 327 g/mol. The smallest absolute Gasteiger partial charge is 0.319 e. The van der Waals surface area contributed by atoms with Crippen LogP contribution in [0.25, 0.3) is 0 Å². The Balaban J connectivity index is 1.84. The van der Waals surface area contributed by atoms with Gasteiger partial charge in [-0.15, -0.1) is 0 Å². The molecule has 6 heteroatoms. The van der Waals surface area contributed by atoms with Gasteiger partial charge in [0.15, 0.2) is 0 Å². The minimum absolute atomic E-state index is 0.131. The van der Waals surface area contributed by atoms with Crippen LogP contribution in [0.2, 0.25) is 0 Å². The zero-order valence-corrected chi connectivity index (χ0v) is 13.8. The number of methoxy groups -OCH3 is 1. The summed E-state index contributed by atoms with van der Waals surface area (Å²) in [6.45, 7) is 2.85. The van der Waals surface area contributed by atoms with Crippen LogP contribution in [0.5, 0.6) is 5.75 Å². The van der Waals surface area contributed by atoms with Crippen molar-refractivity contribution in [3.8, 4) is 5.75 Å². The van der Waals surface area contributed by atoms with Gasteiger partial charge in [0.05, 0.1) is 7.11 Å². The second-order valence-corrected chi connectivity index (χ2v) is 5.09. The Kier molecular flexibility index (Phi) is 6.19. The maximum Gasteiger partial charge on any atom is 0.319 e. The largest absolute Gasteiger partial charge is 0.497 e. The van der Waals surface area contributed by atoms with Crippen LogP contribution in [0, 0.1) is 0 Å². The van der Waals surface area contributed by atoms with Gasteiger partial charge < -0.3 is 20.7 Å². The van der Waals surface area contributed by atoms with Gasteiger partial charge in [-0.2, -0.15) is 0 Å². The number of rotatable bonds is 6. The molecule has 0 spiro atoms. The summed E-state index contributed by atoms with van der Waals surface area (Å²) in [5.74, 6) is 0.642. The Hall–Kier alpha value is -3.02. The molecule has 0 aliphatic heterocycles. The summed E-state index contributed by atoms with van der Waals surface area (Å²) in [5, 5.41) is 8.22. The van der Waals surface area contributed by atoms with Crippen molar-refractivity contribution in [2.24, 2.45) is 0 Å². The predicted octanol–water partition coefficient (Wildman–Crippen LogP) is 2.77. The van der Waals surface area contributed by atoms with Crippen molar-refractivity contribution in [3.63, 3.8) is 0 Å². The van der Waals surface area contributed by atoms with Crippen LogP contribution in [-0.2, 0) is 6.54 Å². The van der Waals surface area contributed by atoms with Gasteiger partial charge in [0.1, 0.15) is 5.75 Å². The topological polar surface area (TPSA) is 79.5 Å². The first-order chi connectivity index (χ1) is 11.6. The first kappa shape index (κ1) is 17.3. The summed E-state index contributed by atoms with van der Waals surface area (Å²) >= 11 is 0. The number of nitrogens with one attached hydrogen (secondary N) is 3. The molecular weight excluding hydrogens is 306 g/mol. The molecule has 2 aromatic rings. The molecule has 0 saturated heterocycles. The molecule has 0 atom stereocenters. The van der Waals surface area contributed by atoms with Crippen molar-refractivity contribution in [2.75, 3.05) is 19.0 Å². The summed E-state index contributed by atoms with van der Waals surface area (Å²) in [6.07, 6.45) is 0. The molecule has 0 heterocycles. The number of anilines is 1. The Morgan fingerprint density at radius 2 is 1.62 bits per heavy atom. The highest BCUT2D eigenvalue weighted by atomic mass is 16.5. The lowest BCUT2D eigenvalue weighted by molar-refractivity contribution is 0.0956. The number of hydrogen-bond acceptors (Lipinski definition) is 3. The molecule has 126 valence electrons. The SMILES string of the molecule is CCNC(=O)c1ccc(NC(=O)NCc2ccc(OC)cc2)cc1. The van der Waals surface area contributed by atoms with E-state index in [1.54, 1.807) is 31.4 Å². The predicted molar refractivity (Wildman–Crippen MR) is 93.3 cm³/mol. The molecule has 0 bridgehead atoms. The average molecular weight is 327 g/mol. The fourth-order valence-corrected chi connectivity index (χ4v) is 2.07. The Morgan fingerprint density at radius 1 is 0.958 bits per heavy atom. The van der Waals surface area contributed by atoms with Gasteiger partial charge >= 0.3 is 6.03 Å². The first-order valence-electron chi connectivity index (χ1n) is 7.68. The van der Waals surface area contributed by atoms with E-state index in [4.69, 9.17) is 4.74 Å². The van der Waals surface area contributed by atoms with E-state index in [2.05, 4.69) is 16.0 Å². The van der Waals surface area contributed by atoms with E-state index in [1.165, 1.54) is 0 Å². The molecule has 0 aliphatic carbocycles. The molecule has 0 radical (unpaired) electrons. The zero-order valence-electron chi connectivity index (χ0n) is 13.8. The number of carbonyl (C=O) groups excluding carboxylic acids is 2. The van der Waals surface area contributed by atoms with Gasteiger partial charge in [-0.05, 0) is 48.9 Å². The van der Waals surface area contributed by atoms with E-state index >= 15 is 0 Å². The van der Waals surface area contributed by atoms with E-state index in [9.17, 15) is 9.59 Å². The van der Waals surface area contributed by atoms with Crippen molar-refractivity contribution in [3.05, 3.63) is 59.7 Å². The summed E-state index contributed by atoms with van der Waals surface area (Å²) in [7, 11) is 1.61. The van der Waals surface area contributed by atoms with E-state index in [0.29, 0.717) is 24.3 Å². The lowest BCUT2D eigenvalue weighted by atomic mass is 10.2. The van der Waals surface area contributed by atoms with Crippen LogP contribution in [-0.4, -0.2) is 25.6 Å². The Labute approximate surface area is 141 Å². The van der Waals surface area contributed by atoms with Crippen molar-refractivity contribution in [2.45, 2.75) is 13.5 Å². The second kappa shape index (κ2) is 8.57. The number of carbonyl (C=O) groups is 2. The number of hydrogen-bond donors (Lipinski definition) is 3. The average Bonchev–Trinajstić information content (AvgIpc) is 2.61. The van der Waals surface area contributed by atoms with Crippen LogP contribution in [0.1, 0.15) is 22.8 Å². The van der Waals surface area contributed by atoms with Gasteiger partial charge in [-0.1, -0.05) is 12.1 Å². The van der Waals surface area contributed by atoms with Crippen LogP contribution in [0.15, 0.2) is 48.5 Å². The van der Waals surface area contributed by atoms with Crippen LogP contribution < -0.4 is 20.7 Å². The molecule has 0 aromatic heterocycles. The van der Waals surface area contributed by atoms with E-state index in [-0.39, 0.29) is 11.9 Å². The third-order valence-electron chi connectivity index (χ3n) is 3.35. The normalized spacial score (nSPS) is 9.92. The molecule has 0 unspecified atom stereocenters. The molecule has 6 nitrogen and oxygen atoms in total. The van der Waals surface area contributed by atoms with Gasteiger partial charge in [0.25, 0.3) is 5.91 Å². The maximum absolute atomic E-state index is 11.9. The number of urea groups is 1. The lowest BCUT2D eigenvalue weighted by Crippen LogP contribution is -2.28. The molecule has 3 N–H and O–H groups in total. The lowest BCUT2D eigenvalue weighted by Gasteiger charge is -2.09. The molecule has 2 rings (SSSR count). The minimum Gasteiger partial charge on any atom is -0.497 e. The van der Waals surface area contributed by atoms with Gasteiger partial charge in [-0.3, -0.25) is 4.79 Å². The van der Waals surface area contributed by atoms with Crippen molar-refractivity contribution in [1.29, 1.82) is 0 Å². The summed E-state index contributed by atoms with van der Waals surface area (Å²) in [5.41, 5.74) is 2.15. The van der Waals surface area contributed by atoms with Crippen LogP contribution in [0.4, 0.5) is 10.5 Å². The van der Waals surface area contributed by atoms with Crippen LogP contribution in [0.3, 0.4) is 0 Å². The maximum atomic E-state index is 11.9. The second-order valence-electron chi connectivity index (χ2n) is 5.09. The summed E-state index contributed by atoms with van der Waals surface area (Å²) in [4.78, 5) is 23.6. The van der Waals surface area contributed by atoms with E-state index in [1.807, 2.05) is 31.2 Å². The first-order valence-corrected chi connectivity index (χ1v) is 7.68. The molecular formula is C18H21N3O3. The minimum atomic E-state index is -0.309. The fourth-order valence-electron chi connectivity index (χ4n) is 2.07. The van der Waals surface area contributed by atoms with Gasteiger partial charge in [0, 0.05) is 24.3 Å². The van der Waals surface area contributed by atoms with Crippen molar-refractivity contribution in [1.82, 2.24) is 10.6 Å². The third kappa shape index (κ3) is 5.01. The highest BCUT2D eigenvalue weighted by Crippen LogP contribution is 2.12. The highest BCUT2D eigenvalue weighted by molar-refractivity contribution is 5.95. The fraction of sp³-hybridized carbons (Fsp3) is 0.222. The van der Waals surface area contributed by atoms with Crippen molar-refractivity contribution < 1.29 is 14.3 Å². The Morgan fingerprint density at radius 3 is 2.21 bits per heavy atom. The van der Waals surface area contributed by atoms with Crippen LogP contribution >= 0.6 is 0 Å². The quantitative estimate of drug-likeness (QED) is 0.763. The summed E-state index contributed by atoms with van der Waals surface area (Å²) < 4.78 is 5.09. The molecule has 0 fully saturated rings. The summed E-state index contributed by atoms with van der Waals surface area (Å²) in [6, 6.07) is 13.9. The molecule has 2 aromatic carbocycles. The number of benzene rings is 2. The molecule has 24 heavy (non-hydrogen) atoms. The molecule has 3 amide bonds. The number of amides is 3. The molecule has 0 saturated carbocycles. The van der Waals surface area contributed by atoms with Crippen molar-refractivity contribution >= 4 is 17.6 Å². The standard InChI is InChI=1S/C18H21N3O3/c1-3-19-17(22)14-6-8-15(9-7-14)21-18(23)20-12-13-4-10-16(24-2)11-5-13/h4-11H,3,12H2,1-2H3,(H,19,22)(H2,20,21,23). The van der Waals surface area contributed by atoms with Gasteiger partial charge in [-0.25, -0.2) is 4.79 Å². The Bertz CT molecular complexity index is 682. The highest BCUT2D eigenvalue weighted by Gasteiger charge is 2.05. The third-order valence-corrected chi connectivity index (χ3v) is 3.35. The molecule has 0 aliphatic rings. The zero-order chi connectivity index (χ0) is 17.4. The van der Waals surface area contributed by atoms with E-state index in [0.717, 1.165) is 11.3 Å². The number of ether oxygens (including phenoxy) is 1.